The number of aromatic nitrogens is 2. The summed E-state index contributed by atoms with van der Waals surface area (Å²) >= 11 is 9.41. The Morgan fingerprint density at radius 3 is 2.68 bits per heavy atom. The fourth-order valence-electron chi connectivity index (χ4n) is 1.61. The van der Waals surface area contributed by atoms with E-state index in [1.165, 1.54) is 4.68 Å². The van der Waals surface area contributed by atoms with Gasteiger partial charge in [-0.1, -0.05) is 39.7 Å². The smallest absolute Gasteiger partial charge is 0.287 e. The van der Waals surface area contributed by atoms with Crippen molar-refractivity contribution in [1.29, 1.82) is 0 Å². The van der Waals surface area contributed by atoms with Gasteiger partial charge < -0.3 is 5.32 Å². The van der Waals surface area contributed by atoms with Gasteiger partial charge in [-0.2, -0.15) is 5.10 Å². The normalized spacial score (nSPS) is 10.5. The summed E-state index contributed by atoms with van der Waals surface area (Å²) in [5.74, 6) is 0. The molecule has 0 aliphatic heterocycles. The van der Waals surface area contributed by atoms with Gasteiger partial charge in [0.05, 0.1) is 11.9 Å². The average molecular weight is 343 g/mol. The predicted molar refractivity (Wildman–Crippen MR) is 80.6 cm³/mol. The van der Waals surface area contributed by atoms with Gasteiger partial charge in [-0.05, 0) is 24.6 Å². The number of aryl methyl sites for hydroxylation is 1. The average Bonchev–Trinajstić information content (AvgIpc) is 2.42. The number of benzene rings is 1. The van der Waals surface area contributed by atoms with Crippen molar-refractivity contribution in [1.82, 2.24) is 9.78 Å². The van der Waals surface area contributed by atoms with Crippen LogP contribution < -0.4 is 10.9 Å². The van der Waals surface area contributed by atoms with Crippen LogP contribution in [0.4, 0.5) is 5.69 Å². The van der Waals surface area contributed by atoms with Gasteiger partial charge in [0.25, 0.3) is 5.56 Å². The van der Waals surface area contributed by atoms with Gasteiger partial charge in [0, 0.05) is 17.6 Å². The van der Waals surface area contributed by atoms with Crippen LogP contribution in [0.1, 0.15) is 12.5 Å². The molecule has 0 fully saturated rings. The zero-order chi connectivity index (χ0) is 13.8. The molecule has 0 radical (unpaired) electrons. The molecule has 4 nitrogen and oxygen atoms in total. The first-order chi connectivity index (χ1) is 9.11. The van der Waals surface area contributed by atoms with E-state index >= 15 is 0 Å². The number of nitrogens with zero attached hydrogens (tertiary/aromatic N) is 2. The standard InChI is InChI=1S/C13H13BrClN3O/c1-2-18-13(19)12(15)11(8-17-18)16-7-9-3-5-10(14)6-4-9/h3-6,8,16H,2,7H2,1H3. The molecule has 0 saturated heterocycles. The van der Waals surface area contributed by atoms with E-state index in [0.29, 0.717) is 18.8 Å². The van der Waals surface area contributed by atoms with E-state index in [-0.39, 0.29) is 10.6 Å². The molecular formula is C13H13BrClN3O. The molecule has 6 heteroatoms. The minimum atomic E-state index is -0.273. The molecule has 1 aromatic heterocycles. The minimum absolute atomic E-state index is 0.175. The monoisotopic (exact) mass is 341 g/mol. The van der Waals surface area contributed by atoms with E-state index in [4.69, 9.17) is 11.6 Å². The third-order valence-corrected chi connectivity index (χ3v) is 3.57. The molecule has 19 heavy (non-hydrogen) atoms. The third kappa shape index (κ3) is 3.36. The number of hydrogen-bond donors (Lipinski definition) is 1. The van der Waals surface area contributed by atoms with Gasteiger partial charge in [-0.25, -0.2) is 4.68 Å². The van der Waals surface area contributed by atoms with Crippen LogP contribution in [0, 0.1) is 0 Å². The largest absolute Gasteiger partial charge is 0.378 e. The van der Waals surface area contributed by atoms with Crippen molar-refractivity contribution in [3.05, 3.63) is 55.9 Å². The van der Waals surface area contributed by atoms with Gasteiger partial charge in [-0.15, -0.1) is 0 Å². The van der Waals surface area contributed by atoms with Crippen molar-refractivity contribution in [3.63, 3.8) is 0 Å². The Hall–Kier alpha value is -1.33. The van der Waals surface area contributed by atoms with E-state index in [9.17, 15) is 4.79 Å². The Bertz CT molecular complexity index is 625. The molecule has 0 spiro atoms. The van der Waals surface area contributed by atoms with Crippen molar-refractivity contribution in [2.24, 2.45) is 0 Å². The number of nitrogens with one attached hydrogen (secondary N) is 1. The predicted octanol–water partition coefficient (Wildman–Crippen LogP) is 3.29. The van der Waals surface area contributed by atoms with Crippen LogP contribution in [0.3, 0.4) is 0 Å². The summed E-state index contributed by atoms with van der Waals surface area (Å²) in [5, 5.41) is 7.33. The summed E-state index contributed by atoms with van der Waals surface area (Å²) in [6.07, 6.45) is 1.58. The molecule has 2 aromatic rings. The highest BCUT2D eigenvalue weighted by Gasteiger charge is 2.07. The first-order valence-electron chi connectivity index (χ1n) is 5.85. The summed E-state index contributed by atoms with van der Waals surface area (Å²) in [4.78, 5) is 11.8. The lowest BCUT2D eigenvalue weighted by atomic mass is 10.2. The van der Waals surface area contributed by atoms with Crippen LogP contribution in [0.5, 0.6) is 0 Å². The molecule has 0 bridgehead atoms. The zero-order valence-electron chi connectivity index (χ0n) is 10.4. The maximum Gasteiger partial charge on any atom is 0.287 e. The fourth-order valence-corrected chi connectivity index (χ4v) is 2.09. The fraction of sp³-hybridized carbons (Fsp3) is 0.231. The topological polar surface area (TPSA) is 46.9 Å². The molecule has 0 unspecified atom stereocenters. The quantitative estimate of drug-likeness (QED) is 0.927. The van der Waals surface area contributed by atoms with E-state index in [2.05, 4.69) is 26.3 Å². The Balaban J connectivity index is 2.14. The Morgan fingerprint density at radius 1 is 1.37 bits per heavy atom. The van der Waals surface area contributed by atoms with E-state index < -0.39 is 0 Å². The number of anilines is 1. The zero-order valence-corrected chi connectivity index (χ0v) is 12.7. The summed E-state index contributed by atoms with van der Waals surface area (Å²) in [7, 11) is 0. The molecule has 0 aliphatic rings. The molecule has 0 aliphatic carbocycles. The van der Waals surface area contributed by atoms with Crippen LogP contribution in [0.25, 0.3) is 0 Å². The maximum atomic E-state index is 11.8. The molecule has 0 saturated carbocycles. The van der Waals surface area contributed by atoms with Crippen LogP contribution in [0.15, 0.2) is 39.7 Å². The first kappa shape index (κ1) is 14.1. The summed E-state index contributed by atoms with van der Waals surface area (Å²) < 4.78 is 2.36. The number of rotatable bonds is 4. The second kappa shape index (κ2) is 6.21. The van der Waals surface area contributed by atoms with Crippen LogP contribution in [-0.2, 0) is 13.1 Å². The van der Waals surface area contributed by atoms with E-state index in [1.54, 1.807) is 6.20 Å². The summed E-state index contributed by atoms with van der Waals surface area (Å²) in [6, 6.07) is 7.91. The molecule has 1 aromatic carbocycles. The van der Waals surface area contributed by atoms with Gasteiger partial charge in [0.2, 0.25) is 0 Å². The van der Waals surface area contributed by atoms with Crippen molar-refractivity contribution in [2.75, 3.05) is 5.32 Å². The molecule has 100 valence electrons. The lowest BCUT2D eigenvalue weighted by molar-refractivity contribution is 0.616. The lowest BCUT2D eigenvalue weighted by Gasteiger charge is -2.09. The van der Waals surface area contributed by atoms with Crippen LogP contribution >= 0.6 is 27.5 Å². The highest BCUT2D eigenvalue weighted by Crippen LogP contribution is 2.17. The third-order valence-electron chi connectivity index (χ3n) is 2.68. The van der Waals surface area contributed by atoms with Crippen LogP contribution in [-0.4, -0.2) is 9.78 Å². The Labute approximate surface area is 124 Å². The summed E-state index contributed by atoms with van der Waals surface area (Å²) in [6.45, 7) is 2.94. The lowest BCUT2D eigenvalue weighted by Crippen LogP contribution is -2.23. The number of halogens is 2. The van der Waals surface area contributed by atoms with Gasteiger partial charge in [0.15, 0.2) is 0 Å². The van der Waals surface area contributed by atoms with E-state index in [1.807, 2.05) is 31.2 Å². The van der Waals surface area contributed by atoms with Gasteiger partial charge in [0.1, 0.15) is 5.02 Å². The van der Waals surface area contributed by atoms with Gasteiger partial charge >= 0.3 is 0 Å². The van der Waals surface area contributed by atoms with Crippen LogP contribution in [0.2, 0.25) is 5.02 Å². The van der Waals surface area contributed by atoms with Crippen molar-refractivity contribution in [3.8, 4) is 0 Å². The molecule has 2 rings (SSSR count). The second-order valence-corrected chi connectivity index (χ2v) is 5.27. The highest BCUT2D eigenvalue weighted by atomic mass is 79.9. The van der Waals surface area contributed by atoms with Crippen molar-refractivity contribution < 1.29 is 0 Å². The molecule has 1 N–H and O–H groups in total. The summed E-state index contributed by atoms with van der Waals surface area (Å²) in [5.41, 5.74) is 1.38. The molecular weight excluding hydrogens is 330 g/mol. The van der Waals surface area contributed by atoms with Gasteiger partial charge in [-0.3, -0.25) is 4.79 Å². The molecule has 0 amide bonds. The van der Waals surface area contributed by atoms with Crippen molar-refractivity contribution >= 4 is 33.2 Å². The minimum Gasteiger partial charge on any atom is -0.378 e. The number of hydrogen-bond acceptors (Lipinski definition) is 3. The van der Waals surface area contributed by atoms with E-state index in [0.717, 1.165) is 10.0 Å². The molecule has 0 atom stereocenters. The maximum absolute atomic E-state index is 11.8. The highest BCUT2D eigenvalue weighted by molar-refractivity contribution is 9.10. The Morgan fingerprint density at radius 2 is 2.05 bits per heavy atom. The molecule has 1 heterocycles. The first-order valence-corrected chi connectivity index (χ1v) is 7.03. The second-order valence-electron chi connectivity index (χ2n) is 3.97. The SMILES string of the molecule is CCn1ncc(NCc2ccc(Br)cc2)c(Cl)c1=O. The Kier molecular flexibility index (Phi) is 4.61. The van der Waals surface area contributed by atoms with Crippen molar-refractivity contribution in [2.45, 2.75) is 20.0 Å².